The molecule has 1 nitrogen and oxygen atoms in total. The van der Waals surface area contributed by atoms with Gasteiger partial charge in [-0.2, -0.15) is 5.26 Å². The number of nitrogens with zero attached hydrogens (tertiary/aromatic N) is 1. The number of hydrogen-bond donors (Lipinski definition) is 0. The number of halogens is 12. The van der Waals surface area contributed by atoms with Gasteiger partial charge < -0.3 is 0 Å². The molecule has 0 aromatic rings. The Bertz CT molecular complexity index is 247. The van der Waals surface area contributed by atoms with Gasteiger partial charge in [0, 0.05) is 6.92 Å². The molecule has 0 fully saturated rings. The standard InChI is InChI=1S/C2H3N.12FH.2Sb/c1-2-3;;;;;;;;;;;;;;/h1H3;12*1H;;/q;;;;;;;;;;;;;2*+5/p-10. The molecule has 0 saturated carbocycles. The van der Waals surface area contributed by atoms with Gasteiger partial charge in [0.15, 0.2) is 0 Å². The molecule has 0 saturated heterocycles. The molecule has 0 rings (SSSR count). The average Bonchev–Trinajstić information content (AvgIpc) is 1.40. The van der Waals surface area contributed by atoms with Gasteiger partial charge in [-0.15, -0.1) is 0 Å². The largest absolute Gasteiger partial charge is 1.00 e. The van der Waals surface area contributed by atoms with Gasteiger partial charge >= 0.3 is 75.6 Å². The van der Waals surface area contributed by atoms with E-state index in [2.05, 4.69) is 0 Å². The van der Waals surface area contributed by atoms with E-state index in [0.717, 1.165) is 0 Å². The SMILES string of the molecule is CC#N.[F][Sb-]([F])([F])([F])([F])[F].[F][Sb-]([F])([F])([F])([F])[F].[H+].[H+]. The van der Waals surface area contributed by atoms with Gasteiger partial charge in [0.25, 0.3) is 0 Å². The third kappa shape index (κ3) is 40500. The van der Waals surface area contributed by atoms with Gasteiger partial charge in [-0.25, -0.2) is 0 Å². The minimum Gasteiger partial charge on any atom is 1.00 e. The van der Waals surface area contributed by atoms with Gasteiger partial charge in [-0.05, 0) is 0 Å². The predicted molar refractivity (Wildman–Crippen MR) is 38.3 cm³/mol. The van der Waals surface area contributed by atoms with Crippen LogP contribution >= 0.6 is 0 Å². The van der Waals surface area contributed by atoms with Crippen LogP contribution in [0.2, 0.25) is 0 Å². The van der Waals surface area contributed by atoms with Crippen LogP contribution in [0, 0.1) is 11.3 Å². The van der Waals surface area contributed by atoms with Crippen molar-refractivity contribution in [3.8, 4) is 6.07 Å². The van der Waals surface area contributed by atoms with Crippen LogP contribution in [0.3, 0.4) is 0 Å². The Morgan fingerprint density at radius 1 is 0.647 bits per heavy atom. The van der Waals surface area contributed by atoms with E-state index in [4.69, 9.17) is 5.26 Å². The summed E-state index contributed by atoms with van der Waals surface area (Å²) >= 11 is -22.5. The molecule has 0 heterocycles. The van der Waals surface area contributed by atoms with Gasteiger partial charge in [-0.1, -0.05) is 0 Å². The van der Waals surface area contributed by atoms with E-state index in [0.29, 0.717) is 0 Å². The molecule has 0 aromatic carbocycles. The Morgan fingerprint density at radius 3 is 0.647 bits per heavy atom. The fourth-order valence-corrected chi connectivity index (χ4v) is 0. The normalized spacial score (nSPS) is 19.5. The van der Waals surface area contributed by atoms with E-state index in [9.17, 15) is 33.8 Å². The van der Waals surface area contributed by atoms with Crippen LogP contribution < -0.4 is 0 Å². The Balaban J connectivity index is -0.0000000525. The van der Waals surface area contributed by atoms with Gasteiger partial charge in [0.05, 0.1) is 6.07 Å². The molecule has 15 heteroatoms. The third-order valence-electron chi connectivity index (χ3n) is 0. The maximum atomic E-state index is 9.93. The molecule has 0 aliphatic rings. The first-order valence-electron chi connectivity index (χ1n) is 2.75. The summed E-state index contributed by atoms with van der Waals surface area (Å²) in [7, 11) is 0. The zero-order valence-corrected chi connectivity index (χ0v) is 12.5. The maximum absolute atomic E-state index is 11.2. The summed E-state index contributed by atoms with van der Waals surface area (Å²) < 4.78 is 119. The van der Waals surface area contributed by atoms with Crippen LogP contribution in [0.15, 0.2) is 0 Å². The van der Waals surface area contributed by atoms with E-state index in [1.54, 1.807) is 6.07 Å². The van der Waals surface area contributed by atoms with E-state index in [-0.39, 0.29) is 2.85 Å². The second kappa shape index (κ2) is 3.89. The maximum Gasteiger partial charge on any atom is 1.00 e. The molecular weight excluding hydrogens is 510 g/mol. The zero-order valence-electron chi connectivity index (χ0n) is 9.38. The minimum absolute atomic E-state index is 0. The summed E-state index contributed by atoms with van der Waals surface area (Å²) in [4.78, 5) is 0. The minimum atomic E-state index is -11.2. The van der Waals surface area contributed by atoms with E-state index in [1.807, 2.05) is 0 Å². The second-order valence-electron chi connectivity index (χ2n) is 2.14. The first kappa shape index (κ1) is 22.5. The van der Waals surface area contributed by atoms with Crippen LogP contribution in [0.5, 0.6) is 0 Å². The van der Waals surface area contributed by atoms with Gasteiger partial charge in [-0.3, -0.25) is 0 Å². The fourth-order valence-electron chi connectivity index (χ4n) is 0. The van der Waals surface area contributed by atoms with Crippen molar-refractivity contribution >= 4 is 39.0 Å². The smallest absolute Gasteiger partial charge is 1.00 e. The summed E-state index contributed by atoms with van der Waals surface area (Å²) in [6, 6.07) is 1.75. The number of nitriles is 1. The number of hydrogen-bond acceptors (Lipinski definition) is 1. The molecule has 0 atom stereocenters. The van der Waals surface area contributed by atoms with E-state index >= 15 is 0 Å². The molecule has 112 valence electrons. The van der Waals surface area contributed by atoms with Crippen LogP contribution in [0.1, 0.15) is 9.78 Å². The molecular formula is C2H5F12NSb2. The molecule has 0 aromatic heterocycles. The second-order valence-corrected chi connectivity index (χ2v) is 13.1. The van der Waals surface area contributed by atoms with Crippen molar-refractivity contribution in [1.29, 1.82) is 5.26 Å². The molecule has 0 unspecified atom stereocenters. The summed E-state index contributed by atoms with van der Waals surface area (Å²) in [6.45, 7) is 1.43. The Hall–Kier alpha value is 0.286. The molecule has 0 spiro atoms. The van der Waals surface area contributed by atoms with Crippen LogP contribution in [-0.4, -0.2) is 39.0 Å². The molecule has 0 bridgehead atoms. The van der Waals surface area contributed by atoms with E-state index < -0.39 is 39.0 Å². The van der Waals surface area contributed by atoms with Gasteiger partial charge in [0.2, 0.25) is 0 Å². The average molecular weight is 515 g/mol. The fraction of sp³-hybridized carbons (Fsp3) is 0.500. The van der Waals surface area contributed by atoms with Crippen LogP contribution in [0.25, 0.3) is 0 Å². The van der Waals surface area contributed by atoms with Gasteiger partial charge in [0.1, 0.15) is 0 Å². The summed E-state index contributed by atoms with van der Waals surface area (Å²) in [5.74, 6) is 0. The molecule has 0 radical (unpaired) electrons. The predicted octanol–water partition coefficient (Wildman–Crippen LogP) is 5.04. The summed E-state index contributed by atoms with van der Waals surface area (Å²) in [6.07, 6.45) is 0. The topological polar surface area (TPSA) is 23.8 Å². The van der Waals surface area contributed by atoms with Crippen molar-refractivity contribution in [2.24, 2.45) is 0 Å². The van der Waals surface area contributed by atoms with Crippen molar-refractivity contribution in [2.75, 3.05) is 0 Å². The van der Waals surface area contributed by atoms with Crippen molar-refractivity contribution in [2.45, 2.75) is 6.92 Å². The number of rotatable bonds is 0. The zero-order chi connectivity index (χ0) is 15.5. The monoisotopic (exact) mass is 513 g/mol. The molecule has 17 heavy (non-hydrogen) atoms. The quantitative estimate of drug-likeness (QED) is 0.329. The Kier molecular flexibility index (Phi) is 5.14. The van der Waals surface area contributed by atoms with Crippen molar-refractivity contribution in [3.05, 3.63) is 0 Å². The summed E-state index contributed by atoms with van der Waals surface area (Å²) in [5.41, 5.74) is 0. The third-order valence-corrected chi connectivity index (χ3v) is 0. The Morgan fingerprint density at radius 2 is 0.647 bits per heavy atom. The molecule has 0 amide bonds. The van der Waals surface area contributed by atoms with Crippen LogP contribution in [-0.2, 0) is 0 Å². The summed E-state index contributed by atoms with van der Waals surface area (Å²) in [5, 5.41) is 7.32. The molecule has 0 N–H and O–H groups in total. The molecule has 0 aliphatic carbocycles. The van der Waals surface area contributed by atoms with Crippen molar-refractivity contribution in [3.63, 3.8) is 0 Å². The van der Waals surface area contributed by atoms with E-state index in [1.165, 1.54) is 6.92 Å². The van der Waals surface area contributed by atoms with Crippen molar-refractivity contribution < 1.29 is 36.6 Å². The first-order valence-corrected chi connectivity index (χ1v) is 14.3. The Labute approximate surface area is 93.7 Å². The van der Waals surface area contributed by atoms with Crippen LogP contribution in [0.4, 0.5) is 33.8 Å². The van der Waals surface area contributed by atoms with Crippen molar-refractivity contribution in [1.82, 2.24) is 0 Å². The first-order chi connectivity index (χ1) is 6.31. The molecule has 0 aliphatic heterocycles.